The van der Waals surface area contributed by atoms with Gasteiger partial charge in [-0.15, -0.1) is 0 Å². The van der Waals surface area contributed by atoms with Gasteiger partial charge in [-0.2, -0.15) is 0 Å². The van der Waals surface area contributed by atoms with E-state index in [4.69, 9.17) is 23.1 Å². The van der Waals surface area contributed by atoms with Crippen LogP contribution in [-0.4, -0.2) is 51.8 Å². The molecule has 2 aromatic carbocycles. The summed E-state index contributed by atoms with van der Waals surface area (Å²) in [6.45, 7) is 1.75. The molecule has 3 aromatic rings. The summed E-state index contributed by atoms with van der Waals surface area (Å²) in [7, 11) is 0. The molecule has 0 spiro atoms. The van der Waals surface area contributed by atoms with Crippen LogP contribution in [0.1, 0.15) is 43.2 Å². The van der Waals surface area contributed by atoms with Crippen molar-refractivity contribution in [1.29, 1.82) is 0 Å². The first-order valence-corrected chi connectivity index (χ1v) is 10.7. The zero-order valence-electron chi connectivity index (χ0n) is 18.0. The van der Waals surface area contributed by atoms with Crippen LogP contribution in [0.4, 0.5) is 5.95 Å². The summed E-state index contributed by atoms with van der Waals surface area (Å²) in [5.74, 6) is -1.17. The molecule has 7 N–H and O–H groups in total. The third kappa shape index (κ3) is 6.50. The van der Waals surface area contributed by atoms with E-state index in [0.717, 1.165) is 19.5 Å². The lowest BCUT2D eigenvalue weighted by atomic mass is 10.0. The Morgan fingerprint density at radius 2 is 1.79 bits per heavy atom. The molecular weight excluding hydrogens is 460 g/mol. The minimum Gasteiger partial charge on any atom is -0.507 e. The Balaban J connectivity index is 0.000000196. The van der Waals surface area contributed by atoms with Gasteiger partial charge < -0.3 is 27.2 Å². The summed E-state index contributed by atoms with van der Waals surface area (Å²) in [4.78, 5) is 42.3. The Bertz CT molecular complexity index is 1200. The number of nitrogen functional groups attached to an aromatic ring is 1. The summed E-state index contributed by atoms with van der Waals surface area (Å²) < 4.78 is 0. The monoisotopic (exact) mass is 482 g/mol. The number of aromatic nitrogens is 2. The highest BCUT2D eigenvalue weighted by Gasteiger charge is 2.18. The second kappa shape index (κ2) is 11.2. The Labute approximate surface area is 200 Å². The number of carbonyl (C=O) groups is 3. The molecule has 0 bridgehead atoms. The van der Waals surface area contributed by atoms with Crippen LogP contribution in [0.3, 0.4) is 0 Å². The molecule has 1 saturated heterocycles. The molecule has 4 rings (SSSR count). The van der Waals surface area contributed by atoms with Crippen LogP contribution in [0.25, 0.3) is 0 Å². The fraction of sp³-hybridized carbons (Fsp3) is 0.174. The smallest absolute Gasteiger partial charge is 0.270 e. The van der Waals surface area contributed by atoms with E-state index in [-0.39, 0.29) is 35.0 Å². The fourth-order valence-electron chi connectivity index (χ4n) is 3.17. The SMILES string of the molecule is NC(=O)c1ccc(C(=O)c2cc(Cl)ccc2O)cc1.Nc1nccc(C(=O)NC2CCNC2)n1. The average Bonchev–Trinajstić information content (AvgIpc) is 3.34. The number of phenolic OH excluding ortho intramolecular Hbond substituents is 1. The first-order chi connectivity index (χ1) is 16.2. The summed E-state index contributed by atoms with van der Waals surface area (Å²) in [6.07, 6.45) is 2.43. The largest absolute Gasteiger partial charge is 0.507 e. The normalized spacial score (nSPS) is 14.6. The third-order valence-corrected chi connectivity index (χ3v) is 5.17. The van der Waals surface area contributed by atoms with Crippen molar-refractivity contribution < 1.29 is 19.5 Å². The zero-order valence-corrected chi connectivity index (χ0v) is 18.7. The molecule has 1 aromatic heterocycles. The van der Waals surface area contributed by atoms with Crippen LogP contribution in [0.5, 0.6) is 5.75 Å². The second-order valence-corrected chi connectivity index (χ2v) is 7.83. The van der Waals surface area contributed by atoms with Crippen LogP contribution in [0, 0.1) is 0 Å². The first-order valence-electron chi connectivity index (χ1n) is 10.3. The molecule has 34 heavy (non-hydrogen) atoms. The summed E-state index contributed by atoms with van der Waals surface area (Å²) in [5, 5.41) is 16.1. The lowest BCUT2D eigenvalue weighted by Gasteiger charge is -2.10. The number of hydrogen-bond acceptors (Lipinski definition) is 8. The van der Waals surface area contributed by atoms with E-state index >= 15 is 0 Å². The van der Waals surface area contributed by atoms with Gasteiger partial charge in [0.2, 0.25) is 11.9 Å². The maximum atomic E-state index is 12.2. The maximum absolute atomic E-state index is 12.2. The minimum absolute atomic E-state index is 0.110. The number of rotatable bonds is 5. The molecule has 1 unspecified atom stereocenters. The van der Waals surface area contributed by atoms with Gasteiger partial charge in [-0.1, -0.05) is 23.7 Å². The Kier molecular flexibility index (Phi) is 8.12. The van der Waals surface area contributed by atoms with Gasteiger partial charge >= 0.3 is 0 Å². The molecule has 1 atom stereocenters. The lowest BCUT2D eigenvalue weighted by molar-refractivity contribution is 0.0933. The Morgan fingerprint density at radius 3 is 2.41 bits per heavy atom. The number of benzene rings is 2. The van der Waals surface area contributed by atoms with Crippen molar-refractivity contribution in [1.82, 2.24) is 20.6 Å². The predicted molar refractivity (Wildman–Crippen MR) is 127 cm³/mol. The van der Waals surface area contributed by atoms with Gasteiger partial charge in [-0.25, -0.2) is 9.97 Å². The van der Waals surface area contributed by atoms with Gasteiger partial charge in [0.1, 0.15) is 11.4 Å². The number of aromatic hydroxyl groups is 1. The highest BCUT2D eigenvalue weighted by molar-refractivity contribution is 6.31. The van der Waals surface area contributed by atoms with Crippen molar-refractivity contribution in [3.05, 3.63) is 82.1 Å². The molecule has 2 heterocycles. The van der Waals surface area contributed by atoms with Crippen molar-refractivity contribution in [3.8, 4) is 5.75 Å². The van der Waals surface area contributed by atoms with Crippen molar-refractivity contribution in [2.75, 3.05) is 18.8 Å². The number of primary amides is 1. The number of nitrogens with zero attached hydrogens (tertiary/aromatic N) is 2. The van der Waals surface area contributed by atoms with E-state index in [1.54, 1.807) is 6.07 Å². The molecule has 1 aliphatic rings. The number of anilines is 1. The quantitative estimate of drug-likeness (QED) is 0.340. The topological polar surface area (TPSA) is 173 Å². The fourth-order valence-corrected chi connectivity index (χ4v) is 3.34. The number of amides is 2. The van der Waals surface area contributed by atoms with E-state index in [9.17, 15) is 19.5 Å². The average molecular weight is 483 g/mol. The lowest BCUT2D eigenvalue weighted by Crippen LogP contribution is -2.36. The third-order valence-electron chi connectivity index (χ3n) is 4.94. The van der Waals surface area contributed by atoms with Crippen molar-refractivity contribution >= 4 is 35.1 Å². The molecule has 0 saturated carbocycles. The first kappa shape index (κ1) is 24.6. The molecule has 0 aliphatic carbocycles. The highest BCUT2D eigenvalue weighted by Crippen LogP contribution is 2.24. The van der Waals surface area contributed by atoms with Gasteiger partial charge in [-0.3, -0.25) is 14.4 Å². The number of halogens is 1. The van der Waals surface area contributed by atoms with E-state index in [0.29, 0.717) is 21.8 Å². The molecular formula is C23H23ClN6O4. The van der Waals surface area contributed by atoms with Crippen molar-refractivity contribution in [3.63, 3.8) is 0 Å². The second-order valence-electron chi connectivity index (χ2n) is 7.40. The molecule has 0 radical (unpaired) electrons. The number of phenols is 1. The van der Waals surface area contributed by atoms with Crippen LogP contribution in [-0.2, 0) is 0 Å². The number of hydrogen-bond donors (Lipinski definition) is 5. The molecule has 11 heteroatoms. The van der Waals surface area contributed by atoms with Gasteiger partial charge in [0.05, 0.1) is 5.56 Å². The van der Waals surface area contributed by atoms with E-state index in [2.05, 4.69) is 20.6 Å². The highest BCUT2D eigenvalue weighted by atomic mass is 35.5. The van der Waals surface area contributed by atoms with Gasteiger partial charge in [0.15, 0.2) is 5.78 Å². The van der Waals surface area contributed by atoms with Crippen LogP contribution >= 0.6 is 11.6 Å². The Hall–Kier alpha value is -4.02. The summed E-state index contributed by atoms with van der Waals surface area (Å²) in [6, 6.07) is 11.8. The van der Waals surface area contributed by atoms with Crippen molar-refractivity contribution in [2.45, 2.75) is 12.5 Å². The maximum Gasteiger partial charge on any atom is 0.270 e. The van der Waals surface area contributed by atoms with Gasteiger partial charge in [-0.05, 0) is 49.4 Å². The van der Waals surface area contributed by atoms with Crippen LogP contribution in [0.15, 0.2) is 54.7 Å². The molecule has 1 fully saturated rings. The van der Waals surface area contributed by atoms with E-state index in [1.165, 1.54) is 48.7 Å². The molecule has 10 nitrogen and oxygen atoms in total. The summed E-state index contributed by atoms with van der Waals surface area (Å²) >= 11 is 5.79. The number of nitrogens with two attached hydrogens (primary N) is 2. The van der Waals surface area contributed by atoms with Gasteiger partial charge in [0, 0.05) is 34.9 Å². The van der Waals surface area contributed by atoms with Crippen molar-refractivity contribution in [2.24, 2.45) is 5.73 Å². The van der Waals surface area contributed by atoms with Gasteiger partial charge in [0.25, 0.3) is 5.91 Å². The van der Waals surface area contributed by atoms with E-state index < -0.39 is 5.91 Å². The minimum atomic E-state index is -0.565. The summed E-state index contributed by atoms with van der Waals surface area (Å²) in [5.41, 5.74) is 11.6. The predicted octanol–water partition coefficient (Wildman–Crippen LogP) is 1.53. The molecule has 2 amide bonds. The van der Waals surface area contributed by atoms with Crippen LogP contribution in [0.2, 0.25) is 5.02 Å². The zero-order chi connectivity index (χ0) is 24.7. The Morgan fingerprint density at radius 1 is 1.09 bits per heavy atom. The van der Waals surface area contributed by atoms with E-state index in [1.807, 2.05) is 0 Å². The number of nitrogens with one attached hydrogen (secondary N) is 2. The standard InChI is InChI=1S/C14H10ClNO3.C9H13N5O/c15-10-5-6-12(17)11(7-10)13(18)8-1-3-9(4-2-8)14(16)19;10-9-12-4-2-7(14-9)8(15)13-6-1-3-11-5-6/h1-7,17H,(H2,16,19);2,4,6,11H,1,3,5H2,(H,13,15)(H2,10,12,14). The molecule has 176 valence electrons. The van der Waals surface area contributed by atoms with Crippen LogP contribution < -0.4 is 22.1 Å². The number of carbonyl (C=O) groups excluding carboxylic acids is 3. The number of ketones is 1. The molecule has 1 aliphatic heterocycles.